The van der Waals surface area contributed by atoms with Crippen molar-refractivity contribution < 1.29 is 19.1 Å². The van der Waals surface area contributed by atoms with Crippen LogP contribution in [-0.4, -0.2) is 36.8 Å². The van der Waals surface area contributed by atoms with Gasteiger partial charge in [-0.15, -0.1) is 11.3 Å². The van der Waals surface area contributed by atoms with Gasteiger partial charge in [-0.1, -0.05) is 11.8 Å². The molecule has 2 aromatic carbocycles. The lowest BCUT2D eigenvalue weighted by Crippen LogP contribution is -2.14. The summed E-state index contributed by atoms with van der Waals surface area (Å²) in [6, 6.07) is 10.7. The van der Waals surface area contributed by atoms with Crippen LogP contribution in [-0.2, 0) is 9.59 Å². The highest BCUT2D eigenvalue weighted by Gasteiger charge is 2.12. The van der Waals surface area contributed by atoms with Gasteiger partial charge in [0.25, 0.3) is 0 Å². The predicted molar refractivity (Wildman–Crippen MR) is 113 cm³/mol. The maximum absolute atomic E-state index is 12.3. The molecule has 0 saturated carbocycles. The second-order valence-electron chi connectivity index (χ2n) is 5.75. The molecule has 0 fully saturated rings. The summed E-state index contributed by atoms with van der Waals surface area (Å²) in [7, 11) is 3.11. The minimum Gasteiger partial charge on any atom is -0.497 e. The lowest BCUT2D eigenvalue weighted by molar-refractivity contribution is -0.114. The molecule has 0 aliphatic heterocycles. The van der Waals surface area contributed by atoms with Crippen LogP contribution in [0.3, 0.4) is 0 Å². The first-order valence-electron chi connectivity index (χ1n) is 8.31. The van der Waals surface area contributed by atoms with Crippen LogP contribution in [0.15, 0.2) is 40.7 Å². The van der Waals surface area contributed by atoms with Gasteiger partial charge in [0.2, 0.25) is 11.8 Å². The van der Waals surface area contributed by atoms with Gasteiger partial charge in [-0.2, -0.15) is 0 Å². The molecule has 1 aromatic heterocycles. The number of rotatable bonds is 7. The Balaban J connectivity index is 1.65. The molecule has 2 amide bonds. The molecule has 0 saturated heterocycles. The van der Waals surface area contributed by atoms with E-state index in [1.54, 1.807) is 38.5 Å². The molecule has 2 N–H and O–H groups in total. The number of ether oxygens (including phenoxy) is 2. The van der Waals surface area contributed by atoms with Crippen LogP contribution in [0.2, 0.25) is 0 Å². The Bertz CT molecular complexity index is 1020. The van der Waals surface area contributed by atoms with Crippen LogP contribution in [0.1, 0.15) is 6.92 Å². The van der Waals surface area contributed by atoms with E-state index in [1.165, 1.54) is 30.0 Å². The third-order valence-corrected chi connectivity index (χ3v) is 5.86. The molecule has 1 heterocycles. The van der Waals surface area contributed by atoms with E-state index < -0.39 is 0 Å². The molecule has 3 rings (SSSR count). The Hall–Kier alpha value is -2.78. The van der Waals surface area contributed by atoms with Gasteiger partial charge in [-0.3, -0.25) is 9.59 Å². The lowest BCUT2D eigenvalue weighted by atomic mass is 10.2. The number of aromatic nitrogens is 1. The number of thioether (sulfide) groups is 1. The number of methoxy groups -OCH3 is 2. The Morgan fingerprint density at radius 3 is 2.64 bits per heavy atom. The Kier molecular flexibility index (Phi) is 6.37. The number of benzene rings is 2. The largest absolute Gasteiger partial charge is 0.497 e. The Morgan fingerprint density at radius 1 is 1.11 bits per heavy atom. The van der Waals surface area contributed by atoms with E-state index in [1.807, 2.05) is 12.1 Å². The average molecular weight is 418 g/mol. The first-order chi connectivity index (χ1) is 13.5. The monoisotopic (exact) mass is 417 g/mol. The SMILES string of the molecule is COc1ccc(OC)c(NC(=O)CSc2nc3ccc(NC(C)=O)cc3s2)c1. The number of anilines is 2. The number of carbonyl (C=O) groups excluding carboxylic acids is 2. The molecule has 0 aliphatic rings. The van der Waals surface area contributed by atoms with Crippen molar-refractivity contribution in [2.24, 2.45) is 0 Å². The first kappa shape index (κ1) is 20.0. The second kappa shape index (κ2) is 8.94. The van der Waals surface area contributed by atoms with E-state index in [2.05, 4.69) is 15.6 Å². The zero-order valence-electron chi connectivity index (χ0n) is 15.6. The Labute approximate surface area is 170 Å². The van der Waals surface area contributed by atoms with Gasteiger partial charge in [-0.25, -0.2) is 4.98 Å². The fraction of sp³-hybridized carbons (Fsp3) is 0.211. The van der Waals surface area contributed by atoms with Crippen LogP contribution in [0, 0.1) is 0 Å². The third kappa shape index (κ3) is 4.93. The van der Waals surface area contributed by atoms with Crippen molar-refractivity contribution in [3.05, 3.63) is 36.4 Å². The molecule has 0 aliphatic carbocycles. The van der Waals surface area contributed by atoms with Crippen LogP contribution >= 0.6 is 23.1 Å². The smallest absolute Gasteiger partial charge is 0.234 e. The number of carbonyl (C=O) groups is 2. The maximum atomic E-state index is 12.3. The van der Waals surface area contributed by atoms with Crippen molar-refractivity contribution in [3.8, 4) is 11.5 Å². The van der Waals surface area contributed by atoms with Crippen LogP contribution in [0.5, 0.6) is 11.5 Å². The minimum absolute atomic E-state index is 0.122. The molecule has 7 nitrogen and oxygen atoms in total. The number of thiazole rings is 1. The number of fused-ring (bicyclic) bond motifs is 1. The normalized spacial score (nSPS) is 10.5. The summed E-state index contributed by atoms with van der Waals surface area (Å²) in [6.07, 6.45) is 0. The predicted octanol–water partition coefficient (Wildman–Crippen LogP) is 4.00. The van der Waals surface area contributed by atoms with E-state index in [0.717, 1.165) is 20.2 Å². The molecule has 0 spiro atoms. The van der Waals surface area contributed by atoms with Crippen molar-refractivity contribution in [2.75, 3.05) is 30.6 Å². The lowest BCUT2D eigenvalue weighted by Gasteiger charge is -2.11. The molecule has 0 atom stereocenters. The quantitative estimate of drug-likeness (QED) is 0.565. The summed E-state index contributed by atoms with van der Waals surface area (Å²) in [5.41, 5.74) is 2.11. The van der Waals surface area contributed by atoms with Gasteiger partial charge in [0, 0.05) is 18.7 Å². The summed E-state index contributed by atoms with van der Waals surface area (Å²) < 4.78 is 12.2. The molecular weight excluding hydrogens is 398 g/mol. The van der Waals surface area contributed by atoms with E-state index in [9.17, 15) is 9.59 Å². The van der Waals surface area contributed by atoms with Crippen molar-refractivity contribution >= 4 is 56.5 Å². The van der Waals surface area contributed by atoms with Gasteiger partial charge >= 0.3 is 0 Å². The minimum atomic E-state index is -0.172. The third-order valence-electron chi connectivity index (χ3n) is 3.70. The molecule has 0 bridgehead atoms. The van der Waals surface area contributed by atoms with E-state index >= 15 is 0 Å². The van der Waals surface area contributed by atoms with Crippen LogP contribution in [0.25, 0.3) is 10.2 Å². The van der Waals surface area contributed by atoms with Crippen molar-refractivity contribution in [2.45, 2.75) is 11.3 Å². The summed E-state index contributed by atoms with van der Waals surface area (Å²) in [4.78, 5) is 28.0. The number of nitrogens with one attached hydrogen (secondary N) is 2. The van der Waals surface area contributed by atoms with E-state index in [-0.39, 0.29) is 17.6 Å². The number of hydrogen-bond donors (Lipinski definition) is 2. The summed E-state index contributed by atoms with van der Waals surface area (Å²) in [5.74, 6) is 1.10. The van der Waals surface area contributed by atoms with Gasteiger partial charge < -0.3 is 20.1 Å². The zero-order chi connectivity index (χ0) is 20.1. The topological polar surface area (TPSA) is 89.6 Å². The van der Waals surface area contributed by atoms with Gasteiger partial charge in [0.1, 0.15) is 11.5 Å². The van der Waals surface area contributed by atoms with Crippen molar-refractivity contribution in [1.82, 2.24) is 4.98 Å². The molecular formula is C19H19N3O4S2. The number of hydrogen-bond acceptors (Lipinski definition) is 7. The fourth-order valence-corrected chi connectivity index (χ4v) is 4.38. The maximum Gasteiger partial charge on any atom is 0.234 e. The average Bonchev–Trinajstić information content (AvgIpc) is 3.08. The second-order valence-corrected chi connectivity index (χ2v) is 8.00. The number of nitrogens with zero attached hydrogens (tertiary/aromatic N) is 1. The van der Waals surface area contributed by atoms with Crippen LogP contribution < -0.4 is 20.1 Å². The fourth-order valence-electron chi connectivity index (χ4n) is 2.47. The zero-order valence-corrected chi connectivity index (χ0v) is 17.2. The van der Waals surface area contributed by atoms with Gasteiger partial charge in [0.15, 0.2) is 4.34 Å². The Morgan fingerprint density at radius 2 is 1.93 bits per heavy atom. The molecule has 0 unspecified atom stereocenters. The molecule has 3 aromatic rings. The highest BCUT2D eigenvalue weighted by atomic mass is 32.2. The van der Waals surface area contributed by atoms with E-state index in [0.29, 0.717) is 17.2 Å². The molecule has 9 heteroatoms. The highest BCUT2D eigenvalue weighted by Crippen LogP contribution is 2.32. The summed E-state index contributed by atoms with van der Waals surface area (Å²) in [6.45, 7) is 1.47. The number of amides is 2. The summed E-state index contributed by atoms with van der Waals surface area (Å²) >= 11 is 2.83. The first-order valence-corrected chi connectivity index (χ1v) is 10.1. The van der Waals surface area contributed by atoms with Gasteiger partial charge in [-0.05, 0) is 30.3 Å². The molecule has 146 valence electrons. The summed E-state index contributed by atoms with van der Waals surface area (Å²) in [5, 5.41) is 5.59. The van der Waals surface area contributed by atoms with Crippen molar-refractivity contribution in [3.63, 3.8) is 0 Å². The van der Waals surface area contributed by atoms with Crippen LogP contribution in [0.4, 0.5) is 11.4 Å². The van der Waals surface area contributed by atoms with E-state index in [4.69, 9.17) is 9.47 Å². The molecule has 0 radical (unpaired) electrons. The highest BCUT2D eigenvalue weighted by molar-refractivity contribution is 8.01. The van der Waals surface area contributed by atoms with Gasteiger partial charge in [0.05, 0.1) is 35.9 Å². The molecule has 28 heavy (non-hydrogen) atoms. The van der Waals surface area contributed by atoms with Crippen molar-refractivity contribution in [1.29, 1.82) is 0 Å². The standard InChI is InChI=1S/C19H19N3O4S2/c1-11(23)20-12-4-6-14-17(8-12)28-19(22-14)27-10-18(24)21-15-9-13(25-2)5-7-16(15)26-3/h4-9H,10H2,1-3H3,(H,20,23)(H,21,24).